The molecule has 0 atom stereocenters. The molecule has 18 heavy (non-hydrogen) atoms. The second kappa shape index (κ2) is 5.01. The Morgan fingerprint density at radius 1 is 1.44 bits per heavy atom. The second-order valence-corrected chi connectivity index (χ2v) is 5.12. The molecule has 3 heteroatoms. The third-order valence-corrected chi connectivity index (χ3v) is 4.05. The van der Waals surface area contributed by atoms with Crippen LogP contribution in [0.4, 0.5) is 0 Å². The fourth-order valence-electron chi connectivity index (χ4n) is 2.62. The smallest absolute Gasteiger partial charge is 0.309 e. The minimum absolute atomic E-state index is 0.556. The number of hydrogen-bond acceptors (Lipinski definition) is 2. The first kappa shape index (κ1) is 12.9. The molecule has 0 saturated heterocycles. The molecule has 1 aromatic carbocycles. The van der Waals surface area contributed by atoms with Crippen LogP contribution in [0.2, 0.25) is 0 Å². The summed E-state index contributed by atoms with van der Waals surface area (Å²) in [6.45, 7) is 2.10. The Kier molecular flexibility index (Phi) is 3.60. The first-order valence-corrected chi connectivity index (χ1v) is 6.50. The van der Waals surface area contributed by atoms with Crippen LogP contribution in [0.25, 0.3) is 0 Å². The summed E-state index contributed by atoms with van der Waals surface area (Å²) >= 11 is 0. The normalized spacial score (nSPS) is 17.0. The Bertz CT molecular complexity index is 447. The number of hydrogen-bond donors (Lipinski definition) is 1. The van der Waals surface area contributed by atoms with Crippen LogP contribution in [0.1, 0.15) is 37.3 Å². The zero-order chi connectivity index (χ0) is 13.2. The Hall–Kier alpha value is -1.51. The highest BCUT2D eigenvalue weighted by Gasteiger charge is 2.44. The van der Waals surface area contributed by atoms with E-state index in [1.54, 1.807) is 7.11 Å². The summed E-state index contributed by atoms with van der Waals surface area (Å²) in [7, 11) is 1.64. The molecule has 0 heterocycles. The number of ether oxygens (including phenoxy) is 1. The van der Waals surface area contributed by atoms with Gasteiger partial charge in [-0.3, -0.25) is 4.79 Å². The maximum atomic E-state index is 11.4. The number of methoxy groups -OCH3 is 1. The highest BCUT2D eigenvalue weighted by atomic mass is 16.5. The molecule has 0 amide bonds. The van der Waals surface area contributed by atoms with Crippen LogP contribution in [0, 0.1) is 5.41 Å². The standard InChI is InChI=1S/C15H20O3/c1-3-11-5-6-13(18-2)12(9-11)10-15(14(16)17)7-4-8-15/h5-6,9H,3-4,7-8,10H2,1-2H3,(H,16,17). The predicted octanol–water partition coefficient (Wildman–Crippen LogP) is 3.06. The maximum absolute atomic E-state index is 11.4. The third kappa shape index (κ3) is 2.22. The van der Waals surface area contributed by atoms with Gasteiger partial charge in [0.25, 0.3) is 0 Å². The number of benzene rings is 1. The quantitative estimate of drug-likeness (QED) is 0.871. The molecule has 1 saturated carbocycles. The van der Waals surface area contributed by atoms with Crippen molar-refractivity contribution in [3.05, 3.63) is 29.3 Å². The van der Waals surface area contributed by atoms with Crippen molar-refractivity contribution in [2.24, 2.45) is 5.41 Å². The van der Waals surface area contributed by atoms with E-state index in [4.69, 9.17) is 4.74 Å². The van der Waals surface area contributed by atoms with E-state index in [1.165, 1.54) is 5.56 Å². The van der Waals surface area contributed by atoms with Crippen molar-refractivity contribution in [3.8, 4) is 5.75 Å². The van der Waals surface area contributed by atoms with E-state index < -0.39 is 11.4 Å². The Labute approximate surface area is 108 Å². The van der Waals surface area contributed by atoms with E-state index in [2.05, 4.69) is 13.0 Å². The lowest BCUT2D eigenvalue weighted by molar-refractivity contribution is -0.154. The summed E-state index contributed by atoms with van der Waals surface area (Å²) in [6.07, 6.45) is 4.11. The van der Waals surface area contributed by atoms with Gasteiger partial charge in [-0.15, -0.1) is 0 Å². The van der Waals surface area contributed by atoms with Gasteiger partial charge in [-0.1, -0.05) is 25.5 Å². The molecule has 98 valence electrons. The van der Waals surface area contributed by atoms with Gasteiger partial charge >= 0.3 is 5.97 Å². The number of aryl methyl sites for hydroxylation is 1. The molecule has 0 bridgehead atoms. The SMILES string of the molecule is CCc1ccc(OC)c(CC2(C(=O)O)CCC2)c1. The van der Waals surface area contributed by atoms with Crippen molar-refractivity contribution in [2.45, 2.75) is 39.0 Å². The summed E-state index contributed by atoms with van der Waals surface area (Å²) < 4.78 is 5.35. The highest BCUT2D eigenvalue weighted by molar-refractivity contribution is 5.76. The van der Waals surface area contributed by atoms with Gasteiger partial charge in [-0.05, 0) is 42.9 Å². The fourth-order valence-corrected chi connectivity index (χ4v) is 2.62. The molecule has 1 aromatic rings. The molecule has 0 aliphatic heterocycles. The second-order valence-electron chi connectivity index (χ2n) is 5.12. The Balaban J connectivity index is 2.29. The summed E-state index contributed by atoms with van der Waals surface area (Å²) in [5.41, 5.74) is 1.70. The van der Waals surface area contributed by atoms with Crippen LogP contribution in [-0.4, -0.2) is 18.2 Å². The number of rotatable bonds is 5. The zero-order valence-corrected chi connectivity index (χ0v) is 11.0. The summed E-state index contributed by atoms with van der Waals surface area (Å²) in [6, 6.07) is 6.07. The lowest BCUT2D eigenvalue weighted by Crippen LogP contribution is -2.40. The molecule has 1 N–H and O–H groups in total. The molecule has 2 rings (SSSR count). The van der Waals surface area contributed by atoms with Gasteiger partial charge in [0.15, 0.2) is 0 Å². The topological polar surface area (TPSA) is 46.5 Å². The van der Waals surface area contributed by atoms with E-state index >= 15 is 0 Å². The van der Waals surface area contributed by atoms with E-state index in [0.717, 1.165) is 37.0 Å². The van der Waals surface area contributed by atoms with Crippen molar-refractivity contribution in [2.75, 3.05) is 7.11 Å². The Morgan fingerprint density at radius 2 is 2.17 bits per heavy atom. The minimum Gasteiger partial charge on any atom is -0.496 e. The van der Waals surface area contributed by atoms with Crippen molar-refractivity contribution in [1.29, 1.82) is 0 Å². The van der Waals surface area contributed by atoms with Gasteiger partial charge in [0, 0.05) is 0 Å². The van der Waals surface area contributed by atoms with Crippen molar-refractivity contribution >= 4 is 5.97 Å². The van der Waals surface area contributed by atoms with Gasteiger partial charge in [0.1, 0.15) is 5.75 Å². The molecule has 0 radical (unpaired) electrons. The van der Waals surface area contributed by atoms with Gasteiger partial charge in [-0.25, -0.2) is 0 Å². The van der Waals surface area contributed by atoms with Crippen LogP contribution in [0.3, 0.4) is 0 Å². The van der Waals surface area contributed by atoms with E-state index in [-0.39, 0.29) is 0 Å². The Morgan fingerprint density at radius 3 is 2.61 bits per heavy atom. The average Bonchev–Trinajstić information content (AvgIpc) is 2.32. The molecule has 0 aromatic heterocycles. The molecular formula is C15H20O3. The molecule has 1 aliphatic rings. The van der Waals surface area contributed by atoms with Crippen molar-refractivity contribution in [1.82, 2.24) is 0 Å². The predicted molar refractivity (Wildman–Crippen MR) is 70.0 cm³/mol. The third-order valence-electron chi connectivity index (χ3n) is 4.05. The summed E-state index contributed by atoms with van der Waals surface area (Å²) in [4.78, 5) is 11.4. The van der Waals surface area contributed by atoms with Crippen LogP contribution in [0.15, 0.2) is 18.2 Å². The highest BCUT2D eigenvalue weighted by Crippen LogP contribution is 2.45. The lowest BCUT2D eigenvalue weighted by Gasteiger charge is -2.38. The first-order valence-electron chi connectivity index (χ1n) is 6.50. The van der Waals surface area contributed by atoms with Crippen molar-refractivity contribution < 1.29 is 14.6 Å². The van der Waals surface area contributed by atoms with Gasteiger partial charge in [0.2, 0.25) is 0 Å². The lowest BCUT2D eigenvalue weighted by atomic mass is 9.65. The van der Waals surface area contributed by atoms with E-state index in [1.807, 2.05) is 12.1 Å². The number of carboxylic acids is 1. The number of aliphatic carboxylic acids is 1. The fraction of sp³-hybridized carbons (Fsp3) is 0.533. The van der Waals surface area contributed by atoms with E-state index in [9.17, 15) is 9.90 Å². The van der Waals surface area contributed by atoms with Crippen LogP contribution in [-0.2, 0) is 17.6 Å². The number of carboxylic acid groups (broad SMARTS) is 1. The van der Waals surface area contributed by atoms with Crippen LogP contribution < -0.4 is 4.74 Å². The van der Waals surface area contributed by atoms with Gasteiger partial charge in [-0.2, -0.15) is 0 Å². The molecule has 1 fully saturated rings. The molecule has 0 unspecified atom stereocenters. The first-order chi connectivity index (χ1) is 8.61. The van der Waals surface area contributed by atoms with Crippen LogP contribution >= 0.6 is 0 Å². The summed E-state index contributed by atoms with van der Waals surface area (Å²) in [5.74, 6) is 0.137. The van der Waals surface area contributed by atoms with Gasteiger partial charge < -0.3 is 9.84 Å². The minimum atomic E-state index is -0.669. The van der Waals surface area contributed by atoms with Crippen molar-refractivity contribution in [3.63, 3.8) is 0 Å². The van der Waals surface area contributed by atoms with Crippen LogP contribution in [0.5, 0.6) is 5.75 Å². The zero-order valence-electron chi connectivity index (χ0n) is 11.0. The van der Waals surface area contributed by atoms with Gasteiger partial charge in [0.05, 0.1) is 12.5 Å². The molecule has 3 nitrogen and oxygen atoms in total. The number of carbonyl (C=O) groups is 1. The largest absolute Gasteiger partial charge is 0.496 e. The molecule has 1 aliphatic carbocycles. The monoisotopic (exact) mass is 248 g/mol. The maximum Gasteiger partial charge on any atom is 0.309 e. The van der Waals surface area contributed by atoms with E-state index in [0.29, 0.717) is 6.42 Å². The molecular weight excluding hydrogens is 228 g/mol. The molecule has 0 spiro atoms. The summed E-state index contributed by atoms with van der Waals surface area (Å²) in [5, 5.41) is 9.39. The average molecular weight is 248 g/mol.